The number of carbonyl (C=O) groups excluding carboxylic acids is 1. The number of nitrogens with two attached hydrogens (primary N) is 1. The van der Waals surface area contributed by atoms with Crippen LogP contribution < -0.4 is 5.73 Å². The van der Waals surface area contributed by atoms with Crippen molar-refractivity contribution in [3.8, 4) is 0 Å². The number of nitrogens with one attached hydrogen (secondary N) is 1. The minimum atomic E-state index is -0.104. The van der Waals surface area contributed by atoms with E-state index in [1.807, 2.05) is 23.4 Å². The molecule has 0 aromatic carbocycles. The SMILES string of the molecule is CC1(C)CC(N)CN1C(=O)Cc1cc[nH]c1. The molecule has 1 saturated heterocycles. The molecule has 1 aromatic rings. The van der Waals surface area contributed by atoms with Crippen molar-refractivity contribution < 1.29 is 4.79 Å². The highest BCUT2D eigenvalue weighted by molar-refractivity contribution is 5.79. The van der Waals surface area contributed by atoms with E-state index in [-0.39, 0.29) is 17.5 Å². The number of aromatic amines is 1. The molecule has 4 heteroatoms. The molecule has 3 N–H and O–H groups in total. The number of hydrogen-bond acceptors (Lipinski definition) is 2. The Labute approximate surface area is 95.8 Å². The molecule has 1 unspecified atom stereocenters. The van der Waals surface area contributed by atoms with Crippen LogP contribution in [0.1, 0.15) is 25.8 Å². The fourth-order valence-corrected chi connectivity index (χ4v) is 2.48. The lowest BCUT2D eigenvalue weighted by molar-refractivity contribution is -0.133. The van der Waals surface area contributed by atoms with Crippen molar-refractivity contribution in [1.29, 1.82) is 0 Å². The van der Waals surface area contributed by atoms with Crippen LogP contribution in [0.2, 0.25) is 0 Å². The lowest BCUT2D eigenvalue weighted by Crippen LogP contribution is -2.43. The van der Waals surface area contributed by atoms with E-state index < -0.39 is 0 Å². The molecule has 88 valence electrons. The second-order valence-corrected chi connectivity index (χ2v) is 5.18. The van der Waals surface area contributed by atoms with Crippen LogP contribution in [-0.2, 0) is 11.2 Å². The van der Waals surface area contributed by atoms with Crippen LogP contribution in [0, 0.1) is 0 Å². The van der Waals surface area contributed by atoms with Crippen LogP contribution in [0.25, 0.3) is 0 Å². The highest BCUT2D eigenvalue weighted by Gasteiger charge is 2.39. The third-order valence-corrected chi connectivity index (χ3v) is 3.23. The van der Waals surface area contributed by atoms with Crippen LogP contribution in [0.15, 0.2) is 18.5 Å². The first-order chi connectivity index (χ1) is 7.49. The van der Waals surface area contributed by atoms with Crippen LogP contribution in [-0.4, -0.2) is 33.9 Å². The molecular formula is C12H19N3O. The van der Waals surface area contributed by atoms with Gasteiger partial charge in [-0.15, -0.1) is 0 Å². The third kappa shape index (κ3) is 2.11. The standard InChI is InChI=1S/C12H19N3O/c1-12(2)6-10(13)8-15(12)11(16)5-9-3-4-14-7-9/h3-4,7,10,14H,5-6,8,13H2,1-2H3. The molecule has 1 aromatic heterocycles. The zero-order chi connectivity index (χ0) is 11.8. The second-order valence-electron chi connectivity index (χ2n) is 5.18. The number of likely N-dealkylation sites (tertiary alicyclic amines) is 1. The molecule has 2 rings (SSSR count). The maximum Gasteiger partial charge on any atom is 0.227 e. The molecular weight excluding hydrogens is 202 g/mol. The first kappa shape index (κ1) is 11.2. The average Bonchev–Trinajstić information content (AvgIpc) is 2.73. The monoisotopic (exact) mass is 221 g/mol. The topological polar surface area (TPSA) is 62.1 Å². The molecule has 1 amide bonds. The Hall–Kier alpha value is -1.29. The molecule has 0 radical (unpaired) electrons. The first-order valence-corrected chi connectivity index (χ1v) is 5.67. The quantitative estimate of drug-likeness (QED) is 0.779. The van der Waals surface area contributed by atoms with E-state index in [1.54, 1.807) is 0 Å². The van der Waals surface area contributed by atoms with Crippen molar-refractivity contribution in [3.05, 3.63) is 24.0 Å². The predicted octanol–water partition coefficient (Wildman–Crippen LogP) is 0.895. The van der Waals surface area contributed by atoms with Gasteiger partial charge in [-0.2, -0.15) is 0 Å². The predicted molar refractivity (Wildman–Crippen MR) is 62.9 cm³/mol. The molecule has 1 aliphatic heterocycles. The number of rotatable bonds is 2. The summed E-state index contributed by atoms with van der Waals surface area (Å²) in [5.41, 5.74) is 6.84. The van der Waals surface area contributed by atoms with E-state index in [9.17, 15) is 4.79 Å². The Morgan fingerprint density at radius 3 is 2.94 bits per heavy atom. The van der Waals surface area contributed by atoms with Crippen molar-refractivity contribution in [1.82, 2.24) is 9.88 Å². The largest absolute Gasteiger partial charge is 0.367 e. The normalized spacial score (nSPS) is 23.7. The molecule has 0 spiro atoms. The molecule has 0 saturated carbocycles. The number of nitrogens with zero attached hydrogens (tertiary/aromatic N) is 1. The van der Waals surface area contributed by atoms with E-state index in [4.69, 9.17) is 5.73 Å². The molecule has 0 aliphatic carbocycles. The molecule has 4 nitrogen and oxygen atoms in total. The maximum absolute atomic E-state index is 12.1. The summed E-state index contributed by atoms with van der Waals surface area (Å²) in [4.78, 5) is 17.0. The van der Waals surface area contributed by atoms with Gasteiger partial charge >= 0.3 is 0 Å². The number of aromatic nitrogens is 1. The van der Waals surface area contributed by atoms with Gasteiger partial charge in [0.2, 0.25) is 5.91 Å². The summed E-state index contributed by atoms with van der Waals surface area (Å²) in [6.07, 6.45) is 5.04. The van der Waals surface area contributed by atoms with Crippen molar-refractivity contribution in [3.63, 3.8) is 0 Å². The van der Waals surface area contributed by atoms with Gasteiger partial charge < -0.3 is 15.6 Å². The van der Waals surface area contributed by atoms with Crippen LogP contribution in [0.4, 0.5) is 0 Å². The van der Waals surface area contributed by atoms with Crippen molar-refractivity contribution in [2.24, 2.45) is 5.73 Å². The molecule has 1 atom stereocenters. The van der Waals surface area contributed by atoms with Gasteiger partial charge in [-0.05, 0) is 31.9 Å². The average molecular weight is 221 g/mol. The smallest absolute Gasteiger partial charge is 0.227 e. The van der Waals surface area contributed by atoms with E-state index in [0.717, 1.165) is 12.0 Å². The second kappa shape index (κ2) is 3.94. The van der Waals surface area contributed by atoms with Gasteiger partial charge in [0, 0.05) is 30.5 Å². The zero-order valence-electron chi connectivity index (χ0n) is 9.86. The maximum atomic E-state index is 12.1. The minimum Gasteiger partial charge on any atom is -0.367 e. The molecule has 1 fully saturated rings. The van der Waals surface area contributed by atoms with Crippen LogP contribution >= 0.6 is 0 Å². The summed E-state index contributed by atoms with van der Waals surface area (Å²) < 4.78 is 0. The summed E-state index contributed by atoms with van der Waals surface area (Å²) in [5, 5.41) is 0. The van der Waals surface area contributed by atoms with Gasteiger partial charge in [-0.3, -0.25) is 4.79 Å². The van der Waals surface area contributed by atoms with Crippen molar-refractivity contribution in [2.75, 3.05) is 6.54 Å². The molecule has 2 heterocycles. The lowest BCUT2D eigenvalue weighted by atomic mass is 10.00. The fourth-order valence-electron chi connectivity index (χ4n) is 2.48. The Bertz CT molecular complexity index is 370. The van der Waals surface area contributed by atoms with Crippen LogP contribution in [0.5, 0.6) is 0 Å². The highest BCUT2D eigenvalue weighted by atomic mass is 16.2. The molecule has 1 aliphatic rings. The third-order valence-electron chi connectivity index (χ3n) is 3.23. The van der Waals surface area contributed by atoms with Gasteiger partial charge in [-0.25, -0.2) is 0 Å². The number of hydrogen-bond donors (Lipinski definition) is 2. The summed E-state index contributed by atoms with van der Waals surface area (Å²) in [6, 6.07) is 2.05. The van der Waals surface area contributed by atoms with Gasteiger partial charge in [-0.1, -0.05) is 0 Å². The van der Waals surface area contributed by atoms with Gasteiger partial charge in [0.15, 0.2) is 0 Å². The Balaban J connectivity index is 2.05. The first-order valence-electron chi connectivity index (χ1n) is 5.67. The Kier molecular flexibility index (Phi) is 2.76. The summed E-state index contributed by atoms with van der Waals surface area (Å²) in [5.74, 6) is 0.164. The van der Waals surface area contributed by atoms with Gasteiger partial charge in [0.1, 0.15) is 0 Å². The molecule has 0 bridgehead atoms. The number of carbonyl (C=O) groups is 1. The summed E-state index contributed by atoms with van der Waals surface area (Å²) in [6.45, 7) is 4.83. The van der Waals surface area contributed by atoms with E-state index in [0.29, 0.717) is 13.0 Å². The van der Waals surface area contributed by atoms with Crippen molar-refractivity contribution >= 4 is 5.91 Å². The zero-order valence-corrected chi connectivity index (χ0v) is 9.86. The van der Waals surface area contributed by atoms with Gasteiger partial charge in [0.05, 0.1) is 6.42 Å². The Morgan fingerprint density at radius 1 is 1.69 bits per heavy atom. The lowest BCUT2D eigenvalue weighted by Gasteiger charge is -2.31. The number of amides is 1. The van der Waals surface area contributed by atoms with Crippen molar-refractivity contribution in [2.45, 2.75) is 38.3 Å². The highest BCUT2D eigenvalue weighted by Crippen LogP contribution is 2.28. The van der Waals surface area contributed by atoms with E-state index in [2.05, 4.69) is 18.8 Å². The van der Waals surface area contributed by atoms with E-state index in [1.165, 1.54) is 0 Å². The summed E-state index contributed by atoms with van der Waals surface area (Å²) in [7, 11) is 0. The number of H-pyrrole nitrogens is 1. The van der Waals surface area contributed by atoms with Gasteiger partial charge in [0.25, 0.3) is 0 Å². The fraction of sp³-hybridized carbons (Fsp3) is 0.583. The minimum absolute atomic E-state index is 0.104. The van der Waals surface area contributed by atoms with Crippen LogP contribution in [0.3, 0.4) is 0 Å². The summed E-state index contributed by atoms with van der Waals surface area (Å²) >= 11 is 0. The van der Waals surface area contributed by atoms with E-state index >= 15 is 0 Å². The molecule has 16 heavy (non-hydrogen) atoms. The Morgan fingerprint density at radius 2 is 2.44 bits per heavy atom.